The van der Waals surface area contributed by atoms with Crippen molar-refractivity contribution in [1.82, 2.24) is 0 Å². The molecule has 0 bridgehead atoms. The Kier molecular flexibility index (Phi) is 12.8. The summed E-state index contributed by atoms with van der Waals surface area (Å²) in [4.78, 5) is 0. The van der Waals surface area contributed by atoms with Crippen molar-refractivity contribution in [2.24, 2.45) is 0 Å². The molecule has 0 aromatic heterocycles. The van der Waals surface area contributed by atoms with Gasteiger partial charge in [0, 0.05) is 8.80 Å². The summed E-state index contributed by atoms with van der Waals surface area (Å²) >= 11 is -0.826. The van der Waals surface area contributed by atoms with E-state index < -0.39 is 20.8 Å². The van der Waals surface area contributed by atoms with Crippen molar-refractivity contribution in [3.63, 3.8) is 0 Å². The molecular formula is C29H30Cl2Si2Zr. The van der Waals surface area contributed by atoms with Crippen LogP contribution in [0.25, 0.3) is 22.3 Å². The van der Waals surface area contributed by atoms with Crippen molar-refractivity contribution >= 4 is 36.8 Å². The molecule has 0 saturated carbocycles. The van der Waals surface area contributed by atoms with Gasteiger partial charge in [-0.25, -0.2) is 0 Å². The van der Waals surface area contributed by atoms with Gasteiger partial charge in [0.15, 0.2) is 0 Å². The first-order valence-electron chi connectivity index (χ1n) is 10.9. The van der Waals surface area contributed by atoms with E-state index in [1.165, 1.54) is 44.5 Å². The number of hydrogen-bond acceptors (Lipinski definition) is 0. The maximum absolute atomic E-state index is 4.93. The van der Waals surface area contributed by atoms with Gasteiger partial charge in [-0.15, -0.1) is 11.1 Å². The molecule has 2 aliphatic rings. The minimum Gasteiger partial charge on any atom is -0.179 e. The molecule has 0 amide bonds. The smallest absolute Gasteiger partial charge is 0.0125 e. The molecule has 0 saturated heterocycles. The van der Waals surface area contributed by atoms with Gasteiger partial charge >= 0.3 is 37.9 Å². The monoisotopic (exact) mass is 594 g/mol. The van der Waals surface area contributed by atoms with Crippen LogP contribution in [0.2, 0.25) is 19.6 Å². The van der Waals surface area contributed by atoms with E-state index in [1.807, 2.05) is 12.1 Å². The van der Waals surface area contributed by atoms with Crippen molar-refractivity contribution in [1.29, 1.82) is 0 Å². The number of benzene rings is 4. The van der Waals surface area contributed by atoms with Gasteiger partial charge in [0.25, 0.3) is 0 Å². The van der Waals surface area contributed by atoms with Crippen LogP contribution in [-0.4, -0.2) is 19.8 Å². The second-order valence-corrected chi connectivity index (χ2v) is 15.1. The Morgan fingerprint density at radius 3 is 1.32 bits per heavy atom. The predicted octanol–water partition coefficient (Wildman–Crippen LogP) is 7.68. The largest absolute Gasteiger partial charge is 0.179 e. The molecule has 0 atom stereocenters. The van der Waals surface area contributed by atoms with Crippen LogP contribution < -0.4 is 0 Å². The van der Waals surface area contributed by atoms with E-state index in [-0.39, 0.29) is 19.8 Å². The quantitative estimate of drug-likeness (QED) is 0.125. The topological polar surface area (TPSA) is 0 Å². The molecule has 0 N–H and O–H groups in total. The van der Waals surface area contributed by atoms with Crippen LogP contribution in [0.3, 0.4) is 0 Å². The van der Waals surface area contributed by atoms with Crippen LogP contribution in [-0.2, 0) is 33.7 Å². The van der Waals surface area contributed by atoms with Crippen molar-refractivity contribution in [2.45, 2.75) is 32.5 Å². The van der Waals surface area contributed by atoms with Crippen molar-refractivity contribution in [2.75, 3.05) is 0 Å². The Balaban J connectivity index is 0.000000186. The molecule has 0 nitrogen and oxygen atoms in total. The average Bonchev–Trinajstić information content (AvgIpc) is 3.38. The summed E-state index contributed by atoms with van der Waals surface area (Å²) in [5, 5.41) is 0. The summed E-state index contributed by atoms with van der Waals surface area (Å²) in [6.45, 7) is 6.81. The summed E-state index contributed by atoms with van der Waals surface area (Å²) in [6, 6.07) is 36.2. The third-order valence-corrected chi connectivity index (χ3v) is 5.23. The predicted molar refractivity (Wildman–Crippen MR) is 152 cm³/mol. The molecule has 2 aliphatic carbocycles. The van der Waals surface area contributed by atoms with Gasteiger partial charge in [0.1, 0.15) is 0 Å². The minimum atomic E-state index is -0.826. The molecule has 0 aliphatic heterocycles. The van der Waals surface area contributed by atoms with Gasteiger partial charge in [0.05, 0.1) is 0 Å². The van der Waals surface area contributed by atoms with E-state index >= 15 is 0 Å². The van der Waals surface area contributed by atoms with Crippen LogP contribution >= 0.6 is 17.0 Å². The Hall–Kier alpha value is -1.22. The fraction of sp³-hybridized carbons (Fsp3) is 0.172. The number of rotatable bonds is 0. The van der Waals surface area contributed by atoms with E-state index in [0.29, 0.717) is 0 Å². The third-order valence-electron chi connectivity index (χ3n) is 5.23. The maximum atomic E-state index is 4.93. The fourth-order valence-corrected chi connectivity index (χ4v) is 4.00. The molecule has 0 heterocycles. The van der Waals surface area contributed by atoms with Crippen LogP contribution in [0.15, 0.2) is 84.9 Å². The Labute approximate surface area is 230 Å². The van der Waals surface area contributed by atoms with Gasteiger partial charge in [-0.1, -0.05) is 90.4 Å². The fourth-order valence-electron chi connectivity index (χ4n) is 4.00. The van der Waals surface area contributed by atoms with Gasteiger partial charge in [-0.2, -0.15) is 59.7 Å². The van der Waals surface area contributed by atoms with Gasteiger partial charge in [0.2, 0.25) is 0 Å². The van der Waals surface area contributed by atoms with Crippen LogP contribution in [0.4, 0.5) is 0 Å². The normalized spacial score (nSPS) is 10.8. The molecule has 2 radical (unpaired) electrons. The van der Waals surface area contributed by atoms with Crippen LogP contribution in [0.1, 0.15) is 22.3 Å². The van der Waals surface area contributed by atoms with E-state index in [2.05, 4.69) is 105 Å². The van der Waals surface area contributed by atoms with Gasteiger partial charge < -0.3 is 0 Å². The Morgan fingerprint density at radius 1 is 0.618 bits per heavy atom. The van der Waals surface area contributed by atoms with Crippen LogP contribution in [0.5, 0.6) is 0 Å². The summed E-state index contributed by atoms with van der Waals surface area (Å²) in [5.74, 6) is 0. The van der Waals surface area contributed by atoms with Crippen LogP contribution in [0, 0.1) is 12.1 Å². The molecule has 4 aromatic rings. The van der Waals surface area contributed by atoms with Crippen molar-refractivity contribution in [3.05, 3.63) is 119 Å². The number of halogens is 2. The molecule has 6 rings (SSSR count). The first-order chi connectivity index (χ1) is 16.0. The minimum absolute atomic E-state index is 0. The summed E-state index contributed by atoms with van der Waals surface area (Å²) in [5.41, 5.74) is 11.0. The molecule has 5 heteroatoms. The molecule has 172 valence electrons. The Bertz CT molecular complexity index is 999. The average molecular weight is 597 g/mol. The molecule has 34 heavy (non-hydrogen) atoms. The first-order valence-corrected chi connectivity index (χ1v) is 20.3. The van der Waals surface area contributed by atoms with Crippen molar-refractivity contribution < 1.29 is 20.8 Å². The van der Waals surface area contributed by atoms with E-state index in [0.717, 1.165) is 12.8 Å². The standard InChI is InChI=1S/2C13H9.C3H9Si.2ClH.H3Si.Zr/c2*1-3-7-12-10(5-1)9-11-6-2-4-8-13(11)12;1-4(2)3;;;;/h2*1-5,7-8H,9H2;1-3H3;2*1H;1H3;/q2*-1;;;;;+4/p-2. The molecule has 0 spiro atoms. The zero-order valence-electron chi connectivity index (χ0n) is 20.3. The second kappa shape index (κ2) is 15.0. The second-order valence-electron chi connectivity index (χ2n) is 8.36. The molecule has 0 unspecified atom stereocenters. The SMILES string of the molecule is C[Si](C)C.[Cl][Zr+2][Cl].[SiH3].[c-]1cccc2c1Cc1ccccc1-2.[c-]1cccc2c1Cc1ccccc1-2. The maximum Gasteiger partial charge on any atom is -0.0125 e. The van der Waals surface area contributed by atoms with E-state index in [9.17, 15) is 0 Å². The van der Waals surface area contributed by atoms with Crippen molar-refractivity contribution in [3.8, 4) is 22.3 Å². The summed E-state index contributed by atoms with van der Waals surface area (Å²) in [6.07, 6.45) is 2.10. The molecule has 0 fully saturated rings. The molecular weight excluding hydrogens is 567 g/mol. The molecule has 4 aromatic carbocycles. The number of fused-ring (bicyclic) bond motifs is 6. The summed E-state index contributed by atoms with van der Waals surface area (Å²) in [7, 11) is 9.99. The zero-order valence-corrected chi connectivity index (χ0v) is 27.2. The van der Waals surface area contributed by atoms with Gasteiger partial charge in [-0.05, 0) is 23.8 Å². The van der Waals surface area contributed by atoms with E-state index in [4.69, 9.17) is 17.0 Å². The van der Waals surface area contributed by atoms with Gasteiger partial charge in [-0.3, -0.25) is 0 Å². The summed E-state index contributed by atoms with van der Waals surface area (Å²) < 4.78 is 0. The zero-order chi connectivity index (χ0) is 23.6. The third kappa shape index (κ3) is 7.90. The number of hydrogen-bond donors (Lipinski definition) is 0. The first kappa shape index (κ1) is 29.0. The Morgan fingerprint density at radius 2 is 0.941 bits per heavy atom. The van der Waals surface area contributed by atoms with E-state index in [1.54, 1.807) is 0 Å².